The van der Waals surface area contributed by atoms with Crippen LogP contribution in [0.1, 0.15) is 40.4 Å². The van der Waals surface area contributed by atoms with Gasteiger partial charge in [-0.05, 0) is 35.4 Å². The summed E-state index contributed by atoms with van der Waals surface area (Å²) in [5, 5.41) is 2.50. The van der Waals surface area contributed by atoms with Crippen molar-refractivity contribution in [1.82, 2.24) is 5.32 Å². The summed E-state index contributed by atoms with van der Waals surface area (Å²) in [6.07, 6.45) is -3.95. The Bertz CT molecular complexity index is 831. The van der Waals surface area contributed by atoms with Crippen LogP contribution in [0.3, 0.4) is 0 Å². The summed E-state index contributed by atoms with van der Waals surface area (Å²) in [5.41, 5.74) is 0.0619. The summed E-state index contributed by atoms with van der Waals surface area (Å²) >= 11 is 0. The highest BCUT2D eigenvalue weighted by Crippen LogP contribution is 2.34. The highest BCUT2D eigenvalue weighted by molar-refractivity contribution is 5.94. The van der Waals surface area contributed by atoms with Gasteiger partial charge in [-0.3, -0.25) is 9.59 Å². The molecule has 1 amide bonds. The number of amides is 1. The van der Waals surface area contributed by atoms with Gasteiger partial charge >= 0.3 is 6.18 Å². The molecule has 2 aromatic rings. The number of ether oxygens (including phenoxy) is 1. The van der Waals surface area contributed by atoms with E-state index in [0.717, 1.165) is 6.07 Å². The van der Waals surface area contributed by atoms with Crippen LogP contribution in [-0.2, 0) is 23.9 Å². The first-order chi connectivity index (χ1) is 12.7. The van der Waals surface area contributed by atoms with Crippen molar-refractivity contribution in [1.29, 1.82) is 0 Å². The van der Waals surface area contributed by atoms with Crippen LogP contribution in [-0.4, -0.2) is 18.8 Å². The summed E-state index contributed by atoms with van der Waals surface area (Å²) in [4.78, 5) is 23.8. The maximum Gasteiger partial charge on any atom is 0.416 e. The van der Waals surface area contributed by atoms with Gasteiger partial charge < -0.3 is 10.1 Å². The van der Waals surface area contributed by atoms with E-state index in [1.54, 1.807) is 31.2 Å². The third kappa shape index (κ3) is 5.57. The van der Waals surface area contributed by atoms with Gasteiger partial charge in [0.2, 0.25) is 0 Å². The number of Topliss-reactive ketones (excluding diaryl/α,β-unsaturated/α-hetero) is 1. The number of hydrogen-bond donors (Lipinski definition) is 1. The van der Waals surface area contributed by atoms with Gasteiger partial charge in [0.25, 0.3) is 5.91 Å². The van der Waals surface area contributed by atoms with Gasteiger partial charge in [0.1, 0.15) is 11.5 Å². The first-order valence-corrected chi connectivity index (χ1v) is 8.37. The number of ketones is 1. The summed E-state index contributed by atoms with van der Waals surface area (Å²) in [5.74, 6) is -0.379. The number of nitrogens with one attached hydrogen (secondary N) is 1. The van der Waals surface area contributed by atoms with E-state index in [4.69, 9.17) is 4.74 Å². The van der Waals surface area contributed by atoms with Crippen LogP contribution in [0.2, 0.25) is 0 Å². The highest BCUT2D eigenvalue weighted by atomic mass is 19.4. The van der Waals surface area contributed by atoms with Crippen LogP contribution >= 0.6 is 0 Å². The average Bonchev–Trinajstić information content (AvgIpc) is 2.65. The summed E-state index contributed by atoms with van der Waals surface area (Å²) in [6, 6.07) is 10.1. The van der Waals surface area contributed by atoms with Crippen molar-refractivity contribution in [3.05, 3.63) is 64.7 Å². The Kier molecular flexibility index (Phi) is 6.60. The molecule has 0 aromatic heterocycles. The predicted octanol–water partition coefficient (Wildman–Crippen LogP) is 4.17. The number of carbonyl (C=O) groups excluding carboxylic acids is 2. The summed E-state index contributed by atoms with van der Waals surface area (Å²) < 4.78 is 44.5. The number of carbonyl (C=O) groups is 2. The van der Waals surface area contributed by atoms with E-state index in [9.17, 15) is 22.8 Å². The molecule has 0 aliphatic carbocycles. The molecule has 144 valence electrons. The second-order valence-electron chi connectivity index (χ2n) is 5.97. The van der Waals surface area contributed by atoms with E-state index in [0.29, 0.717) is 17.5 Å². The number of halogens is 3. The maximum atomic E-state index is 13.2. The van der Waals surface area contributed by atoms with Gasteiger partial charge in [0.05, 0.1) is 12.7 Å². The summed E-state index contributed by atoms with van der Waals surface area (Å²) in [7, 11) is 1.28. The van der Waals surface area contributed by atoms with Gasteiger partial charge in [-0.15, -0.1) is 0 Å². The van der Waals surface area contributed by atoms with E-state index >= 15 is 0 Å². The second kappa shape index (κ2) is 8.70. The number of hydrogen-bond acceptors (Lipinski definition) is 3. The summed E-state index contributed by atoms with van der Waals surface area (Å²) in [6.45, 7) is 1.47. The SMILES string of the molecule is CCC(=O)Cc1cccc(C(=O)NCc2ccc(OC)cc2C(F)(F)F)c1. The largest absolute Gasteiger partial charge is 0.497 e. The lowest BCUT2D eigenvalue weighted by molar-refractivity contribution is -0.138. The fourth-order valence-corrected chi connectivity index (χ4v) is 2.55. The molecule has 0 unspecified atom stereocenters. The predicted molar refractivity (Wildman–Crippen MR) is 94.6 cm³/mol. The Balaban J connectivity index is 2.14. The van der Waals surface area contributed by atoms with Crippen LogP contribution in [0.15, 0.2) is 42.5 Å². The Morgan fingerprint density at radius 1 is 1.11 bits per heavy atom. The molecular formula is C20H20F3NO3. The van der Waals surface area contributed by atoms with Crippen molar-refractivity contribution >= 4 is 11.7 Å². The standard InChI is InChI=1S/C20H20F3NO3/c1-3-16(25)10-13-5-4-6-14(9-13)19(26)24-12-15-7-8-17(27-2)11-18(15)20(21,22)23/h4-9,11H,3,10,12H2,1-2H3,(H,24,26). The van der Waals surface area contributed by atoms with Crippen molar-refractivity contribution in [2.45, 2.75) is 32.5 Å². The van der Waals surface area contributed by atoms with Gasteiger partial charge in [0, 0.05) is 24.9 Å². The molecule has 0 heterocycles. The number of benzene rings is 2. The Morgan fingerprint density at radius 2 is 1.85 bits per heavy atom. The first-order valence-electron chi connectivity index (χ1n) is 8.37. The molecule has 7 heteroatoms. The molecule has 4 nitrogen and oxygen atoms in total. The molecule has 0 spiro atoms. The molecule has 0 aliphatic heterocycles. The fraction of sp³-hybridized carbons (Fsp3) is 0.300. The van der Waals surface area contributed by atoms with E-state index in [1.165, 1.54) is 19.2 Å². The van der Waals surface area contributed by atoms with E-state index in [-0.39, 0.29) is 30.1 Å². The molecular weight excluding hydrogens is 359 g/mol. The zero-order valence-electron chi connectivity index (χ0n) is 15.0. The van der Waals surface area contributed by atoms with Crippen molar-refractivity contribution in [2.24, 2.45) is 0 Å². The van der Waals surface area contributed by atoms with E-state index < -0.39 is 17.6 Å². The normalized spacial score (nSPS) is 11.1. The van der Waals surface area contributed by atoms with Crippen molar-refractivity contribution in [3.63, 3.8) is 0 Å². The van der Waals surface area contributed by atoms with E-state index in [1.807, 2.05) is 0 Å². The lowest BCUT2D eigenvalue weighted by Crippen LogP contribution is -2.24. The monoisotopic (exact) mass is 379 g/mol. The molecule has 0 saturated heterocycles. The van der Waals surface area contributed by atoms with Gasteiger partial charge in [-0.2, -0.15) is 13.2 Å². The zero-order valence-corrected chi connectivity index (χ0v) is 15.0. The molecule has 2 aromatic carbocycles. The van der Waals surface area contributed by atoms with Crippen molar-refractivity contribution in [3.8, 4) is 5.75 Å². The minimum atomic E-state index is -4.56. The van der Waals surface area contributed by atoms with Crippen LogP contribution < -0.4 is 10.1 Å². The molecule has 0 aliphatic rings. The van der Waals surface area contributed by atoms with Crippen molar-refractivity contribution < 1.29 is 27.5 Å². The molecule has 0 fully saturated rings. The Labute approximate surface area is 155 Å². The lowest BCUT2D eigenvalue weighted by Gasteiger charge is -2.15. The van der Waals surface area contributed by atoms with Crippen LogP contribution in [0, 0.1) is 0 Å². The van der Waals surface area contributed by atoms with Crippen LogP contribution in [0.5, 0.6) is 5.75 Å². The van der Waals surface area contributed by atoms with Crippen molar-refractivity contribution in [2.75, 3.05) is 7.11 Å². The van der Waals surface area contributed by atoms with Gasteiger partial charge in [-0.1, -0.05) is 25.1 Å². The second-order valence-corrected chi connectivity index (χ2v) is 5.97. The number of methoxy groups -OCH3 is 1. The molecule has 0 atom stereocenters. The Morgan fingerprint density at radius 3 is 2.48 bits per heavy atom. The molecule has 27 heavy (non-hydrogen) atoms. The lowest BCUT2D eigenvalue weighted by atomic mass is 10.0. The van der Waals surface area contributed by atoms with Gasteiger partial charge in [-0.25, -0.2) is 0 Å². The minimum Gasteiger partial charge on any atom is -0.497 e. The average molecular weight is 379 g/mol. The molecule has 0 radical (unpaired) electrons. The fourth-order valence-electron chi connectivity index (χ4n) is 2.55. The van der Waals surface area contributed by atoms with Gasteiger partial charge in [0.15, 0.2) is 0 Å². The molecule has 0 bridgehead atoms. The molecule has 0 saturated carbocycles. The number of rotatable bonds is 7. The quantitative estimate of drug-likeness (QED) is 0.786. The third-order valence-electron chi connectivity index (χ3n) is 4.05. The zero-order chi connectivity index (χ0) is 20.0. The topological polar surface area (TPSA) is 55.4 Å². The van der Waals surface area contributed by atoms with Crippen LogP contribution in [0.25, 0.3) is 0 Å². The van der Waals surface area contributed by atoms with Crippen LogP contribution in [0.4, 0.5) is 13.2 Å². The number of alkyl halides is 3. The van der Waals surface area contributed by atoms with E-state index in [2.05, 4.69) is 5.32 Å². The minimum absolute atomic E-state index is 0.0422. The highest BCUT2D eigenvalue weighted by Gasteiger charge is 2.33. The maximum absolute atomic E-state index is 13.2. The Hall–Kier alpha value is -2.83. The molecule has 2 rings (SSSR count). The molecule has 1 N–H and O–H groups in total. The first kappa shape index (κ1) is 20.5. The third-order valence-corrected chi connectivity index (χ3v) is 4.05. The smallest absolute Gasteiger partial charge is 0.416 e.